The van der Waals surface area contributed by atoms with E-state index in [1.807, 2.05) is 0 Å². The lowest BCUT2D eigenvalue weighted by Crippen LogP contribution is -2.85. The van der Waals surface area contributed by atoms with E-state index in [4.69, 9.17) is 11.5 Å². The van der Waals surface area contributed by atoms with E-state index in [9.17, 15) is 0 Å². The lowest BCUT2D eigenvalue weighted by atomic mass is 9.92. The van der Waals surface area contributed by atoms with Crippen LogP contribution in [0.25, 0.3) is 0 Å². The Balaban J connectivity index is 2.11. The van der Waals surface area contributed by atoms with Crippen LogP contribution in [0.3, 0.4) is 0 Å². The number of nitrogen functional groups attached to an aromatic ring is 2. The van der Waals surface area contributed by atoms with Crippen molar-refractivity contribution in [3.63, 3.8) is 0 Å². The van der Waals surface area contributed by atoms with Crippen molar-refractivity contribution in [1.29, 1.82) is 0 Å². The predicted octanol–water partition coefficient (Wildman–Crippen LogP) is 2.01. The number of quaternary nitrogens is 1. The molecule has 0 aliphatic rings. The molecule has 0 saturated carbocycles. The largest absolute Gasteiger partial charge is 0.368 e. The molecule has 0 amide bonds. The molecule has 130 valence electrons. The Bertz CT molecular complexity index is 633. The highest BCUT2D eigenvalue weighted by molar-refractivity contribution is 5.27. The van der Waals surface area contributed by atoms with Crippen molar-refractivity contribution in [3.8, 4) is 0 Å². The standard InChI is InChI=1S/C18H28N6/c1-5-12(4)13-6-8-14(9-7-13)16(11(2)3)21-10-15-22-17(19)24-18(20)23-15/h6-9,11-12,16,21H,5,10H2,1-4H3,(H4,19,20,22,23,24)/p+1/t12-,16-/m1/s1. The zero-order chi connectivity index (χ0) is 17.7. The van der Waals surface area contributed by atoms with Gasteiger partial charge in [0.2, 0.25) is 11.9 Å². The van der Waals surface area contributed by atoms with Crippen LogP contribution < -0.4 is 16.8 Å². The molecule has 6 nitrogen and oxygen atoms in total. The van der Waals surface area contributed by atoms with E-state index in [-0.39, 0.29) is 11.9 Å². The molecule has 0 bridgehead atoms. The quantitative estimate of drug-likeness (QED) is 0.720. The summed E-state index contributed by atoms with van der Waals surface area (Å²) in [6.07, 6.45) is 1.15. The van der Waals surface area contributed by atoms with E-state index in [1.54, 1.807) is 0 Å². The van der Waals surface area contributed by atoms with Gasteiger partial charge >= 0.3 is 0 Å². The van der Waals surface area contributed by atoms with Crippen molar-refractivity contribution in [2.24, 2.45) is 5.92 Å². The summed E-state index contributed by atoms with van der Waals surface area (Å²) in [4.78, 5) is 12.1. The topological polar surface area (TPSA) is 107 Å². The van der Waals surface area contributed by atoms with Gasteiger partial charge < -0.3 is 16.8 Å². The monoisotopic (exact) mass is 329 g/mol. The van der Waals surface area contributed by atoms with Gasteiger partial charge in [-0.2, -0.15) is 15.0 Å². The second-order valence-corrected chi connectivity index (χ2v) is 6.65. The minimum atomic E-state index is 0.171. The van der Waals surface area contributed by atoms with Crippen molar-refractivity contribution < 1.29 is 5.32 Å². The fraction of sp³-hybridized carbons (Fsp3) is 0.500. The van der Waals surface area contributed by atoms with E-state index < -0.39 is 0 Å². The molecule has 6 heteroatoms. The molecule has 2 aromatic rings. The van der Waals surface area contributed by atoms with Gasteiger partial charge in [-0.1, -0.05) is 52.0 Å². The molecular weight excluding hydrogens is 300 g/mol. The van der Waals surface area contributed by atoms with Gasteiger partial charge in [-0.05, 0) is 17.9 Å². The summed E-state index contributed by atoms with van der Waals surface area (Å²) in [7, 11) is 0. The first-order valence-electron chi connectivity index (χ1n) is 8.59. The molecular formula is C18H29N6+. The maximum atomic E-state index is 5.64. The van der Waals surface area contributed by atoms with E-state index in [1.165, 1.54) is 11.1 Å². The molecule has 24 heavy (non-hydrogen) atoms. The molecule has 0 aliphatic carbocycles. The van der Waals surface area contributed by atoms with E-state index in [2.05, 4.69) is 72.2 Å². The third kappa shape index (κ3) is 4.64. The molecule has 0 fully saturated rings. The third-order valence-corrected chi connectivity index (χ3v) is 4.49. The Morgan fingerprint density at radius 3 is 1.96 bits per heavy atom. The summed E-state index contributed by atoms with van der Waals surface area (Å²) in [6.45, 7) is 9.54. The first-order chi connectivity index (χ1) is 11.4. The van der Waals surface area contributed by atoms with Gasteiger partial charge in [0.05, 0.1) is 0 Å². The Morgan fingerprint density at radius 1 is 0.917 bits per heavy atom. The highest BCUT2D eigenvalue weighted by Crippen LogP contribution is 2.23. The molecule has 1 heterocycles. The zero-order valence-electron chi connectivity index (χ0n) is 15.0. The average Bonchev–Trinajstić information content (AvgIpc) is 2.53. The Labute approximate surface area is 144 Å². The highest BCUT2D eigenvalue weighted by atomic mass is 15.2. The van der Waals surface area contributed by atoms with Crippen molar-refractivity contribution in [3.05, 3.63) is 41.2 Å². The highest BCUT2D eigenvalue weighted by Gasteiger charge is 2.20. The van der Waals surface area contributed by atoms with Gasteiger partial charge in [-0.15, -0.1) is 0 Å². The fourth-order valence-electron chi connectivity index (χ4n) is 2.86. The number of hydrogen-bond donors (Lipinski definition) is 3. The van der Waals surface area contributed by atoms with E-state index in [0.717, 1.165) is 6.42 Å². The van der Waals surface area contributed by atoms with Crippen LogP contribution >= 0.6 is 0 Å². The van der Waals surface area contributed by atoms with Crippen molar-refractivity contribution >= 4 is 11.9 Å². The Kier molecular flexibility index (Phi) is 6.09. The van der Waals surface area contributed by atoms with Gasteiger partial charge in [0.1, 0.15) is 12.6 Å². The van der Waals surface area contributed by atoms with Crippen molar-refractivity contribution in [2.75, 3.05) is 11.5 Å². The van der Waals surface area contributed by atoms with Gasteiger partial charge in [-0.3, -0.25) is 0 Å². The summed E-state index contributed by atoms with van der Waals surface area (Å²) in [6, 6.07) is 9.28. The smallest absolute Gasteiger partial charge is 0.225 e. The maximum Gasteiger partial charge on any atom is 0.225 e. The molecule has 0 aliphatic heterocycles. The summed E-state index contributed by atoms with van der Waals surface area (Å²) in [5, 5.41) is 2.23. The Hall–Kier alpha value is -2.21. The molecule has 0 radical (unpaired) electrons. The van der Waals surface area contributed by atoms with Crippen LogP contribution in [0.5, 0.6) is 0 Å². The number of benzene rings is 1. The van der Waals surface area contributed by atoms with Crippen molar-refractivity contribution in [1.82, 2.24) is 15.0 Å². The molecule has 2 rings (SSSR count). The second-order valence-electron chi connectivity index (χ2n) is 6.65. The fourth-order valence-corrected chi connectivity index (χ4v) is 2.86. The van der Waals surface area contributed by atoms with Crippen LogP contribution in [0.4, 0.5) is 11.9 Å². The van der Waals surface area contributed by atoms with E-state index in [0.29, 0.717) is 30.2 Å². The molecule has 1 aromatic heterocycles. The third-order valence-electron chi connectivity index (χ3n) is 4.49. The minimum Gasteiger partial charge on any atom is -0.368 e. The molecule has 0 saturated heterocycles. The summed E-state index contributed by atoms with van der Waals surface area (Å²) >= 11 is 0. The number of rotatable bonds is 7. The predicted molar refractivity (Wildman–Crippen MR) is 97.0 cm³/mol. The van der Waals surface area contributed by atoms with E-state index >= 15 is 0 Å². The summed E-state index contributed by atoms with van der Waals surface area (Å²) in [5.41, 5.74) is 14.0. The van der Waals surface area contributed by atoms with Gasteiger partial charge in [-0.25, -0.2) is 0 Å². The van der Waals surface area contributed by atoms with Gasteiger partial charge in [0.25, 0.3) is 0 Å². The first kappa shape index (κ1) is 18.1. The lowest BCUT2D eigenvalue weighted by Gasteiger charge is -2.20. The van der Waals surface area contributed by atoms with Crippen LogP contribution in [0, 0.1) is 5.92 Å². The SMILES string of the molecule is CC[C@@H](C)c1ccc([C@H]([NH2+]Cc2nc(N)nc(N)n2)C(C)C)cc1. The normalized spacial score (nSPS) is 13.9. The average molecular weight is 329 g/mol. The Morgan fingerprint density at radius 2 is 1.46 bits per heavy atom. The first-order valence-corrected chi connectivity index (χ1v) is 8.59. The van der Waals surface area contributed by atoms with Gasteiger partial charge in [0.15, 0.2) is 5.82 Å². The van der Waals surface area contributed by atoms with Crippen LogP contribution in [-0.4, -0.2) is 15.0 Å². The van der Waals surface area contributed by atoms with Crippen LogP contribution in [-0.2, 0) is 6.54 Å². The van der Waals surface area contributed by atoms with Crippen molar-refractivity contribution in [2.45, 2.75) is 52.6 Å². The molecule has 0 spiro atoms. The van der Waals surface area contributed by atoms with Crippen LogP contribution in [0.1, 0.15) is 63.0 Å². The molecule has 6 N–H and O–H groups in total. The minimum absolute atomic E-state index is 0.171. The zero-order valence-corrected chi connectivity index (χ0v) is 15.0. The lowest BCUT2D eigenvalue weighted by molar-refractivity contribution is -0.718. The number of nitrogens with two attached hydrogens (primary N) is 3. The van der Waals surface area contributed by atoms with Crippen LogP contribution in [0.15, 0.2) is 24.3 Å². The maximum absolute atomic E-state index is 5.64. The van der Waals surface area contributed by atoms with Gasteiger partial charge in [0, 0.05) is 11.5 Å². The molecule has 0 unspecified atom stereocenters. The number of anilines is 2. The molecule has 2 atom stereocenters. The second kappa shape index (κ2) is 8.06. The van der Waals surface area contributed by atoms with Crippen LogP contribution in [0.2, 0.25) is 0 Å². The number of nitrogens with zero attached hydrogens (tertiary/aromatic N) is 3. The molecule has 1 aromatic carbocycles. The summed E-state index contributed by atoms with van der Waals surface area (Å²) < 4.78 is 0. The number of hydrogen-bond acceptors (Lipinski definition) is 5. The number of aromatic nitrogens is 3. The summed E-state index contributed by atoms with van der Waals surface area (Å²) in [5.74, 6) is 2.03.